The maximum Gasteiger partial charge on any atom is 0.0698 e. The topological polar surface area (TPSA) is 71.6 Å². The Morgan fingerprint density at radius 2 is 2.22 bits per heavy atom. The van der Waals surface area contributed by atoms with Gasteiger partial charge in [-0.05, 0) is 26.1 Å². The number of pyridine rings is 1. The van der Waals surface area contributed by atoms with Crippen LogP contribution in [0, 0.1) is 0 Å². The highest BCUT2D eigenvalue weighted by Crippen LogP contribution is 2.19. The Bertz CT molecular complexity index is 319. The van der Waals surface area contributed by atoms with Crippen LogP contribution >= 0.6 is 0 Å². The number of aromatic nitrogens is 1. The SMILES string of the molecule is CC(N)C(c1ccccn1)N(C)CCOCCO. The van der Waals surface area contributed by atoms with E-state index in [2.05, 4.69) is 9.88 Å². The molecule has 0 spiro atoms. The Morgan fingerprint density at radius 3 is 2.78 bits per heavy atom. The van der Waals surface area contributed by atoms with E-state index in [0.29, 0.717) is 13.2 Å². The van der Waals surface area contributed by atoms with Gasteiger partial charge in [-0.15, -0.1) is 0 Å². The summed E-state index contributed by atoms with van der Waals surface area (Å²) in [7, 11) is 2.00. The summed E-state index contributed by atoms with van der Waals surface area (Å²) in [4.78, 5) is 6.49. The third-order valence-electron chi connectivity index (χ3n) is 2.79. The van der Waals surface area contributed by atoms with Crippen molar-refractivity contribution in [2.75, 3.05) is 33.4 Å². The van der Waals surface area contributed by atoms with Gasteiger partial charge in [-0.3, -0.25) is 9.88 Å². The van der Waals surface area contributed by atoms with Crippen molar-refractivity contribution in [1.82, 2.24) is 9.88 Å². The van der Waals surface area contributed by atoms with E-state index in [0.717, 1.165) is 12.2 Å². The molecule has 2 atom stereocenters. The minimum Gasteiger partial charge on any atom is -0.394 e. The molecule has 5 nitrogen and oxygen atoms in total. The molecule has 1 aromatic rings. The molecule has 0 saturated heterocycles. The van der Waals surface area contributed by atoms with Crippen LogP contribution in [-0.4, -0.2) is 54.4 Å². The van der Waals surface area contributed by atoms with E-state index in [4.69, 9.17) is 15.6 Å². The van der Waals surface area contributed by atoms with Gasteiger partial charge in [0.2, 0.25) is 0 Å². The van der Waals surface area contributed by atoms with Crippen LogP contribution in [-0.2, 0) is 4.74 Å². The third-order valence-corrected chi connectivity index (χ3v) is 2.79. The van der Waals surface area contributed by atoms with Crippen molar-refractivity contribution in [2.45, 2.75) is 19.0 Å². The maximum absolute atomic E-state index is 8.64. The lowest BCUT2D eigenvalue weighted by Crippen LogP contribution is -2.39. The molecule has 0 aliphatic rings. The number of aliphatic hydroxyl groups excluding tert-OH is 1. The van der Waals surface area contributed by atoms with E-state index in [1.807, 2.05) is 32.2 Å². The van der Waals surface area contributed by atoms with Crippen molar-refractivity contribution in [3.63, 3.8) is 0 Å². The maximum atomic E-state index is 8.64. The Morgan fingerprint density at radius 1 is 1.44 bits per heavy atom. The number of hydrogen-bond acceptors (Lipinski definition) is 5. The van der Waals surface area contributed by atoms with E-state index < -0.39 is 0 Å². The summed E-state index contributed by atoms with van der Waals surface area (Å²) < 4.78 is 5.27. The van der Waals surface area contributed by atoms with Gasteiger partial charge < -0.3 is 15.6 Å². The molecule has 0 aliphatic heterocycles. The Balaban J connectivity index is 2.57. The minimum atomic E-state index is -0.0114. The molecule has 1 aromatic heterocycles. The van der Waals surface area contributed by atoms with Crippen molar-refractivity contribution in [2.24, 2.45) is 5.73 Å². The zero-order chi connectivity index (χ0) is 13.4. The van der Waals surface area contributed by atoms with Crippen molar-refractivity contribution in [3.05, 3.63) is 30.1 Å². The molecule has 0 saturated carbocycles. The fourth-order valence-corrected chi connectivity index (χ4v) is 1.96. The monoisotopic (exact) mass is 253 g/mol. The molecule has 0 fully saturated rings. The van der Waals surface area contributed by atoms with Gasteiger partial charge in [0, 0.05) is 18.8 Å². The van der Waals surface area contributed by atoms with E-state index in [-0.39, 0.29) is 18.7 Å². The fraction of sp³-hybridized carbons (Fsp3) is 0.615. The molecule has 1 heterocycles. The zero-order valence-corrected chi connectivity index (χ0v) is 11.1. The predicted molar refractivity (Wildman–Crippen MR) is 71.2 cm³/mol. The molecule has 5 heteroatoms. The molecule has 0 radical (unpaired) electrons. The summed E-state index contributed by atoms with van der Waals surface area (Å²) in [6, 6.07) is 5.91. The van der Waals surface area contributed by atoms with Crippen molar-refractivity contribution < 1.29 is 9.84 Å². The molecular formula is C13H23N3O2. The lowest BCUT2D eigenvalue weighted by molar-refractivity contribution is 0.0674. The number of likely N-dealkylation sites (N-methyl/N-ethyl adjacent to an activating group) is 1. The number of hydrogen-bond donors (Lipinski definition) is 2. The average Bonchev–Trinajstić information content (AvgIpc) is 2.36. The zero-order valence-electron chi connectivity index (χ0n) is 11.1. The first-order chi connectivity index (χ1) is 8.66. The van der Waals surface area contributed by atoms with Crippen LogP contribution in [0.2, 0.25) is 0 Å². The highest BCUT2D eigenvalue weighted by Gasteiger charge is 2.21. The summed E-state index contributed by atoms with van der Waals surface area (Å²) in [5.74, 6) is 0. The largest absolute Gasteiger partial charge is 0.394 e. The van der Waals surface area contributed by atoms with Gasteiger partial charge in [-0.2, -0.15) is 0 Å². The van der Waals surface area contributed by atoms with Gasteiger partial charge in [0.05, 0.1) is 31.6 Å². The van der Waals surface area contributed by atoms with Gasteiger partial charge in [-0.1, -0.05) is 6.07 Å². The normalized spacial score (nSPS) is 14.7. The molecule has 0 amide bonds. The first kappa shape index (κ1) is 15.0. The molecule has 18 heavy (non-hydrogen) atoms. The Labute approximate surface area is 109 Å². The highest BCUT2D eigenvalue weighted by atomic mass is 16.5. The van der Waals surface area contributed by atoms with Gasteiger partial charge in [0.1, 0.15) is 0 Å². The van der Waals surface area contributed by atoms with Crippen molar-refractivity contribution in [3.8, 4) is 0 Å². The van der Waals surface area contributed by atoms with Crippen LogP contribution in [0.15, 0.2) is 24.4 Å². The van der Waals surface area contributed by atoms with E-state index in [9.17, 15) is 0 Å². The summed E-state index contributed by atoms with van der Waals surface area (Å²) in [6.07, 6.45) is 1.78. The second-order valence-corrected chi connectivity index (χ2v) is 4.38. The Kier molecular flexibility index (Phi) is 6.82. The molecule has 0 aromatic carbocycles. The highest BCUT2D eigenvalue weighted by molar-refractivity contribution is 5.10. The van der Waals surface area contributed by atoms with Crippen LogP contribution in [0.5, 0.6) is 0 Å². The van der Waals surface area contributed by atoms with Crippen molar-refractivity contribution in [1.29, 1.82) is 0 Å². The summed E-state index contributed by atoms with van der Waals surface area (Å²) in [5, 5.41) is 8.64. The van der Waals surface area contributed by atoms with Crippen LogP contribution in [0.4, 0.5) is 0 Å². The van der Waals surface area contributed by atoms with E-state index in [1.165, 1.54) is 0 Å². The van der Waals surface area contributed by atoms with Gasteiger partial charge in [-0.25, -0.2) is 0 Å². The molecule has 3 N–H and O–H groups in total. The first-order valence-electron chi connectivity index (χ1n) is 6.22. The van der Waals surface area contributed by atoms with Gasteiger partial charge in [0.25, 0.3) is 0 Å². The number of nitrogens with two attached hydrogens (primary N) is 1. The standard InChI is InChI=1S/C13H23N3O2/c1-11(14)13(12-5-3-4-6-15-12)16(2)7-9-18-10-8-17/h3-6,11,13,17H,7-10,14H2,1-2H3. The lowest BCUT2D eigenvalue weighted by Gasteiger charge is -2.30. The second kappa shape index (κ2) is 8.16. The molecule has 1 rings (SSSR count). The molecule has 0 aliphatic carbocycles. The quantitative estimate of drug-likeness (QED) is 0.657. The van der Waals surface area contributed by atoms with Gasteiger partial charge in [0.15, 0.2) is 0 Å². The Hall–Kier alpha value is -1.01. The molecule has 102 valence electrons. The third kappa shape index (κ3) is 4.70. The first-order valence-corrected chi connectivity index (χ1v) is 6.22. The fourth-order valence-electron chi connectivity index (χ4n) is 1.96. The second-order valence-electron chi connectivity index (χ2n) is 4.38. The van der Waals surface area contributed by atoms with Crippen LogP contribution in [0.1, 0.15) is 18.7 Å². The molecule has 2 unspecified atom stereocenters. The average molecular weight is 253 g/mol. The molecular weight excluding hydrogens is 230 g/mol. The predicted octanol–water partition coefficient (Wildman–Crippen LogP) is 0.411. The van der Waals surface area contributed by atoms with Crippen LogP contribution in [0.3, 0.4) is 0 Å². The van der Waals surface area contributed by atoms with Crippen LogP contribution in [0.25, 0.3) is 0 Å². The number of rotatable bonds is 8. The van der Waals surface area contributed by atoms with Gasteiger partial charge >= 0.3 is 0 Å². The summed E-state index contributed by atoms with van der Waals surface area (Å²) in [5.41, 5.74) is 7.01. The van der Waals surface area contributed by atoms with Crippen LogP contribution < -0.4 is 5.73 Å². The van der Waals surface area contributed by atoms with Crippen molar-refractivity contribution >= 4 is 0 Å². The smallest absolute Gasteiger partial charge is 0.0698 e. The molecule has 0 bridgehead atoms. The van der Waals surface area contributed by atoms with E-state index in [1.54, 1.807) is 6.20 Å². The minimum absolute atomic E-state index is 0.0114. The number of aliphatic hydroxyl groups is 1. The summed E-state index contributed by atoms with van der Waals surface area (Å²) >= 11 is 0. The number of nitrogens with zero attached hydrogens (tertiary/aromatic N) is 2. The number of ether oxygens (including phenoxy) is 1. The van der Waals surface area contributed by atoms with E-state index >= 15 is 0 Å². The lowest BCUT2D eigenvalue weighted by atomic mass is 10.1. The summed E-state index contributed by atoms with van der Waals surface area (Å²) in [6.45, 7) is 3.74.